The lowest BCUT2D eigenvalue weighted by molar-refractivity contribution is 0.629. The summed E-state index contributed by atoms with van der Waals surface area (Å²) in [5.74, 6) is 0.630. The first-order valence-electron chi connectivity index (χ1n) is 4.63. The van der Waals surface area contributed by atoms with Gasteiger partial charge in [0.15, 0.2) is 0 Å². The minimum Gasteiger partial charge on any atom is -0.329 e. The first-order valence-corrected chi connectivity index (χ1v) is 4.63. The Hall–Kier alpha value is -1.09. The number of aromatic amines is 1. The fourth-order valence-electron chi connectivity index (χ4n) is 1.54. The van der Waals surface area contributed by atoms with Crippen LogP contribution in [0, 0.1) is 12.8 Å². The maximum Gasteiger partial charge on any atom is 0.250 e. The molecule has 1 heterocycles. The fraction of sp³-hybridized carbons (Fsp3) is 0.500. The lowest BCUT2D eigenvalue weighted by Crippen LogP contribution is -2.16. The molecule has 3 N–H and O–H groups in total. The van der Waals surface area contributed by atoms with Crippen LogP contribution in [-0.4, -0.2) is 4.98 Å². The van der Waals surface area contributed by atoms with E-state index in [0.717, 1.165) is 11.1 Å². The molecule has 1 atom stereocenters. The second-order valence-corrected chi connectivity index (χ2v) is 3.81. The number of H-pyrrole nitrogens is 1. The minimum atomic E-state index is -0.0215. The fourth-order valence-corrected chi connectivity index (χ4v) is 1.54. The lowest BCUT2D eigenvalue weighted by Gasteiger charge is -2.10. The summed E-state index contributed by atoms with van der Waals surface area (Å²) in [5.41, 5.74) is 7.77. The SMILES string of the molecule is Cc1cc([C@@H](N)C2CC2)c[nH]c1=O. The summed E-state index contributed by atoms with van der Waals surface area (Å²) in [6.45, 7) is 1.81. The molecule has 1 aromatic heterocycles. The van der Waals surface area contributed by atoms with Gasteiger partial charge in [0.25, 0.3) is 5.56 Å². The van der Waals surface area contributed by atoms with Crippen LogP contribution >= 0.6 is 0 Å². The van der Waals surface area contributed by atoms with Gasteiger partial charge in [-0.05, 0) is 37.3 Å². The first-order chi connectivity index (χ1) is 6.18. The summed E-state index contributed by atoms with van der Waals surface area (Å²) < 4.78 is 0. The van der Waals surface area contributed by atoms with Gasteiger partial charge in [-0.3, -0.25) is 4.79 Å². The summed E-state index contributed by atoms with van der Waals surface area (Å²) in [5, 5.41) is 0. The van der Waals surface area contributed by atoms with E-state index >= 15 is 0 Å². The topological polar surface area (TPSA) is 58.9 Å². The highest BCUT2D eigenvalue weighted by Gasteiger charge is 2.29. The standard InChI is InChI=1S/C10H14N2O/c1-6-4-8(5-12-10(6)13)9(11)7-2-3-7/h4-5,7,9H,2-3,11H2,1H3,(H,12,13)/t9-/m0/s1. The van der Waals surface area contributed by atoms with Gasteiger partial charge in [0, 0.05) is 17.8 Å². The van der Waals surface area contributed by atoms with Crippen LogP contribution in [0.5, 0.6) is 0 Å². The third kappa shape index (κ3) is 1.65. The Kier molecular flexibility index (Phi) is 1.96. The number of pyridine rings is 1. The van der Waals surface area contributed by atoms with Crippen molar-refractivity contribution in [3.63, 3.8) is 0 Å². The zero-order valence-electron chi connectivity index (χ0n) is 7.71. The molecule has 0 spiro atoms. The summed E-state index contributed by atoms with van der Waals surface area (Å²) in [7, 11) is 0. The zero-order chi connectivity index (χ0) is 9.42. The molecule has 1 saturated carbocycles. The highest BCUT2D eigenvalue weighted by molar-refractivity contribution is 5.21. The molecule has 2 rings (SSSR count). The Balaban J connectivity index is 2.29. The Morgan fingerprint density at radius 3 is 2.85 bits per heavy atom. The molecule has 3 nitrogen and oxygen atoms in total. The van der Waals surface area contributed by atoms with Crippen molar-refractivity contribution < 1.29 is 0 Å². The molecular formula is C10H14N2O. The average molecular weight is 178 g/mol. The third-order valence-corrected chi connectivity index (χ3v) is 2.63. The van der Waals surface area contributed by atoms with Gasteiger partial charge in [0.2, 0.25) is 0 Å². The summed E-state index contributed by atoms with van der Waals surface area (Å²) in [4.78, 5) is 13.8. The van der Waals surface area contributed by atoms with Crippen molar-refractivity contribution in [1.82, 2.24) is 4.98 Å². The molecule has 0 radical (unpaired) electrons. The number of nitrogens with two attached hydrogens (primary N) is 1. The van der Waals surface area contributed by atoms with Gasteiger partial charge in [-0.2, -0.15) is 0 Å². The van der Waals surface area contributed by atoms with Crippen LogP contribution in [0.4, 0.5) is 0 Å². The molecule has 0 amide bonds. The van der Waals surface area contributed by atoms with E-state index in [9.17, 15) is 4.79 Å². The predicted molar refractivity (Wildman–Crippen MR) is 51.5 cm³/mol. The van der Waals surface area contributed by atoms with Gasteiger partial charge < -0.3 is 10.7 Å². The van der Waals surface area contributed by atoms with E-state index in [1.54, 1.807) is 6.20 Å². The average Bonchev–Trinajstić information content (AvgIpc) is 2.91. The number of aromatic nitrogens is 1. The highest BCUT2D eigenvalue weighted by atomic mass is 16.1. The lowest BCUT2D eigenvalue weighted by atomic mass is 10.0. The number of hydrogen-bond acceptors (Lipinski definition) is 2. The molecule has 0 bridgehead atoms. The molecule has 1 fully saturated rings. The summed E-state index contributed by atoms with van der Waals surface area (Å²) in [6.07, 6.45) is 4.18. The largest absolute Gasteiger partial charge is 0.329 e. The summed E-state index contributed by atoms with van der Waals surface area (Å²) >= 11 is 0. The van der Waals surface area contributed by atoms with Crippen molar-refractivity contribution in [3.8, 4) is 0 Å². The van der Waals surface area contributed by atoms with Gasteiger partial charge in [-0.15, -0.1) is 0 Å². The third-order valence-electron chi connectivity index (χ3n) is 2.63. The number of rotatable bonds is 2. The second-order valence-electron chi connectivity index (χ2n) is 3.81. The maximum absolute atomic E-state index is 11.1. The number of hydrogen-bond donors (Lipinski definition) is 2. The Morgan fingerprint density at radius 1 is 1.62 bits per heavy atom. The van der Waals surface area contributed by atoms with E-state index in [0.29, 0.717) is 5.92 Å². The molecule has 1 aliphatic rings. The van der Waals surface area contributed by atoms with Gasteiger partial charge in [0.05, 0.1) is 0 Å². The van der Waals surface area contributed by atoms with E-state index in [-0.39, 0.29) is 11.6 Å². The van der Waals surface area contributed by atoms with Crippen molar-refractivity contribution in [1.29, 1.82) is 0 Å². The molecule has 0 aromatic carbocycles. The van der Waals surface area contributed by atoms with E-state index in [1.807, 2.05) is 13.0 Å². The highest BCUT2D eigenvalue weighted by Crippen LogP contribution is 2.39. The van der Waals surface area contributed by atoms with Crippen LogP contribution in [0.1, 0.15) is 30.0 Å². The Labute approximate surface area is 77.0 Å². The van der Waals surface area contributed by atoms with E-state index in [4.69, 9.17) is 5.73 Å². The molecule has 0 unspecified atom stereocenters. The number of nitrogens with one attached hydrogen (secondary N) is 1. The van der Waals surface area contributed by atoms with Crippen LogP contribution in [0.2, 0.25) is 0 Å². The Morgan fingerprint density at radius 2 is 2.31 bits per heavy atom. The zero-order valence-corrected chi connectivity index (χ0v) is 7.71. The minimum absolute atomic E-state index is 0.0215. The van der Waals surface area contributed by atoms with Gasteiger partial charge >= 0.3 is 0 Å². The van der Waals surface area contributed by atoms with Gasteiger partial charge in [-0.25, -0.2) is 0 Å². The van der Waals surface area contributed by atoms with Crippen molar-refractivity contribution >= 4 is 0 Å². The molecule has 1 aliphatic carbocycles. The molecule has 1 aromatic rings. The van der Waals surface area contributed by atoms with Crippen molar-refractivity contribution in [2.24, 2.45) is 11.7 Å². The van der Waals surface area contributed by atoms with Crippen molar-refractivity contribution in [2.45, 2.75) is 25.8 Å². The first kappa shape index (κ1) is 8.51. The molecular weight excluding hydrogens is 164 g/mol. The van der Waals surface area contributed by atoms with E-state index in [2.05, 4.69) is 4.98 Å². The smallest absolute Gasteiger partial charge is 0.250 e. The molecule has 0 aliphatic heterocycles. The van der Waals surface area contributed by atoms with Crippen molar-refractivity contribution in [2.75, 3.05) is 0 Å². The quantitative estimate of drug-likeness (QED) is 0.712. The molecule has 13 heavy (non-hydrogen) atoms. The van der Waals surface area contributed by atoms with Crippen LogP contribution in [0.15, 0.2) is 17.1 Å². The molecule has 0 saturated heterocycles. The maximum atomic E-state index is 11.1. The predicted octanol–water partition coefficient (Wildman–Crippen LogP) is 1.09. The van der Waals surface area contributed by atoms with Gasteiger partial charge in [0.1, 0.15) is 0 Å². The van der Waals surface area contributed by atoms with Crippen LogP contribution < -0.4 is 11.3 Å². The van der Waals surface area contributed by atoms with Crippen molar-refractivity contribution in [3.05, 3.63) is 33.7 Å². The van der Waals surface area contributed by atoms with Crippen LogP contribution in [0.25, 0.3) is 0 Å². The van der Waals surface area contributed by atoms with Crippen LogP contribution in [0.3, 0.4) is 0 Å². The summed E-state index contributed by atoms with van der Waals surface area (Å²) in [6, 6.07) is 2.00. The van der Waals surface area contributed by atoms with Crippen LogP contribution in [-0.2, 0) is 0 Å². The Bertz CT molecular complexity index is 365. The molecule has 70 valence electrons. The van der Waals surface area contributed by atoms with E-state index < -0.39 is 0 Å². The second kappa shape index (κ2) is 3.00. The number of aryl methyl sites for hydroxylation is 1. The van der Waals surface area contributed by atoms with E-state index in [1.165, 1.54) is 12.8 Å². The monoisotopic (exact) mass is 178 g/mol. The van der Waals surface area contributed by atoms with Gasteiger partial charge in [-0.1, -0.05) is 0 Å². The molecule has 3 heteroatoms. The normalized spacial score (nSPS) is 18.6.